The van der Waals surface area contributed by atoms with Crippen molar-refractivity contribution in [3.63, 3.8) is 0 Å². The van der Waals surface area contributed by atoms with Crippen LogP contribution in [0.1, 0.15) is 51.3 Å². The maximum atomic E-state index is 3.67. The van der Waals surface area contributed by atoms with Crippen molar-refractivity contribution < 1.29 is 0 Å². The molecule has 0 spiro atoms. The number of benzene rings is 1. The average molecular weight is 279 g/mol. The van der Waals surface area contributed by atoms with Crippen LogP contribution in [0.15, 0.2) is 24.3 Å². The summed E-state index contributed by atoms with van der Waals surface area (Å²) in [6.45, 7) is 11.3. The zero-order valence-corrected chi connectivity index (χ0v) is 12.3. The molecule has 0 heterocycles. The molecular formula is C15H19Br. The fourth-order valence-corrected chi connectivity index (χ4v) is 3.14. The minimum Gasteiger partial charge on any atom is -0.0596 e. The fraction of sp³-hybridized carbons (Fsp3) is 0.467. The summed E-state index contributed by atoms with van der Waals surface area (Å²) in [5, 5.41) is 0. The summed E-state index contributed by atoms with van der Waals surface area (Å²) in [7, 11) is 0. The zero-order valence-electron chi connectivity index (χ0n) is 10.7. The van der Waals surface area contributed by atoms with Gasteiger partial charge in [0, 0.05) is 9.90 Å². The largest absolute Gasteiger partial charge is 0.0596 e. The van der Waals surface area contributed by atoms with Crippen molar-refractivity contribution in [3.05, 3.63) is 41.0 Å². The number of allylic oxidation sites excluding steroid dienone is 1. The van der Waals surface area contributed by atoms with Crippen LogP contribution in [0.5, 0.6) is 0 Å². The topological polar surface area (TPSA) is 0 Å². The van der Waals surface area contributed by atoms with Gasteiger partial charge in [0.15, 0.2) is 0 Å². The predicted molar refractivity (Wildman–Crippen MR) is 75.1 cm³/mol. The number of halogens is 1. The molecule has 2 rings (SSSR count). The molecule has 1 aromatic carbocycles. The van der Waals surface area contributed by atoms with Gasteiger partial charge in [-0.1, -0.05) is 68.8 Å². The van der Waals surface area contributed by atoms with Crippen LogP contribution in [0.2, 0.25) is 0 Å². The second-order valence-electron chi connectivity index (χ2n) is 6.22. The van der Waals surface area contributed by atoms with E-state index in [1.165, 1.54) is 21.2 Å². The van der Waals surface area contributed by atoms with Crippen molar-refractivity contribution in [2.24, 2.45) is 0 Å². The summed E-state index contributed by atoms with van der Waals surface area (Å²) in [4.78, 5) is 0. The third-order valence-corrected chi connectivity index (χ3v) is 3.98. The molecule has 16 heavy (non-hydrogen) atoms. The minimum absolute atomic E-state index is 0.157. The van der Waals surface area contributed by atoms with Crippen LogP contribution in [-0.2, 0) is 10.8 Å². The lowest BCUT2D eigenvalue weighted by Crippen LogP contribution is -2.14. The van der Waals surface area contributed by atoms with E-state index in [0.717, 1.165) is 0 Å². The first-order valence-electron chi connectivity index (χ1n) is 5.75. The van der Waals surface area contributed by atoms with Gasteiger partial charge in [-0.2, -0.15) is 0 Å². The summed E-state index contributed by atoms with van der Waals surface area (Å²) in [5.41, 5.74) is 4.55. The van der Waals surface area contributed by atoms with Gasteiger partial charge in [0.1, 0.15) is 0 Å². The molecule has 0 saturated carbocycles. The molecule has 0 aliphatic heterocycles. The van der Waals surface area contributed by atoms with Crippen LogP contribution in [0, 0.1) is 0 Å². The van der Waals surface area contributed by atoms with Crippen LogP contribution >= 0.6 is 15.9 Å². The molecule has 0 nitrogen and oxygen atoms in total. The summed E-state index contributed by atoms with van der Waals surface area (Å²) in [6, 6.07) is 6.87. The number of rotatable bonds is 0. The van der Waals surface area contributed by atoms with E-state index in [4.69, 9.17) is 0 Å². The molecule has 86 valence electrons. The van der Waals surface area contributed by atoms with Gasteiger partial charge >= 0.3 is 0 Å². The van der Waals surface area contributed by atoms with E-state index in [-0.39, 0.29) is 10.8 Å². The lowest BCUT2D eigenvalue weighted by molar-refractivity contribution is 0.588. The lowest BCUT2D eigenvalue weighted by atomic mass is 9.82. The summed E-state index contributed by atoms with van der Waals surface area (Å²) >= 11 is 3.67. The number of fused-ring (bicyclic) bond motifs is 1. The molecule has 0 fully saturated rings. The lowest BCUT2D eigenvalue weighted by Gasteiger charge is -2.22. The van der Waals surface area contributed by atoms with Crippen LogP contribution in [0.3, 0.4) is 0 Å². The second-order valence-corrected chi connectivity index (χ2v) is 7.08. The van der Waals surface area contributed by atoms with E-state index in [0.29, 0.717) is 0 Å². The first kappa shape index (κ1) is 11.9. The van der Waals surface area contributed by atoms with Gasteiger partial charge in [0.25, 0.3) is 0 Å². The van der Waals surface area contributed by atoms with Crippen molar-refractivity contribution in [1.29, 1.82) is 0 Å². The SMILES string of the molecule is CC(C)(C)c1ccc2c(c1)C(Br)=CC2(C)C. The molecule has 0 amide bonds. The Labute approximate surface area is 107 Å². The second kappa shape index (κ2) is 3.46. The van der Waals surface area contributed by atoms with Crippen molar-refractivity contribution in [3.8, 4) is 0 Å². The van der Waals surface area contributed by atoms with Gasteiger partial charge < -0.3 is 0 Å². The molecule has 1 heteroatoms. The van der Waals surface area contributed by atoms with Crippen LogP contribution < -0.4 is 0 Å². The first-order valence-corrected chi connectivity index (χ1v) is 6.55. The van der Waals surface area contributed by atoms with Crippen LogP contribution in [0.25, 0.3) is 4.48 Å². The third kappa shape index (κ3) is 1.86. The minimum atomic E-state index is 0.157. The Morgan fingerprint density at radius 2 is 1.75 bits per heavy atom. The average Bonchev–Trinajstić information content (AvgIpc) is 2.36. The molecule has 1 aromatic rings. The zero-order chi connectivity index (χ0) is 12.1. The Bertz CT molecular complexity index is 459. The molecule has 0 bridgehead atoms. The molecule has 0 radical (unpaired) electrons. The molecule has 0 N–H and O–H groups in total. The van der Waals surface area contributed by atoms with E-state index in [2.05, 4.69) is 74.8 Å². The number of hydrogen-bond donors (Lipinski definition) is 0. The predicted octanol–water partition coefficient (Wildman–Crippen LogP) is 5.01. The Morgan fingerprint density at radius 1 is 1.12 bits per heavy atom. The Hall–Kier alpha value is -0.560. The highest BCUT2D eigenvalue weighted by molar-refractivity contribution is 9.15. The van der Waals surface area contributed by atoms with Crippen molar-refractivity contribution in [1.82, 2.24) is 0 Å². The highest BCUT2D eigenvalue weighted by Gasteiger charge is 2.29. The van der Waals surface area contributed by atoms with Gasteiger partial charge in [0.2, 0.25) is 0 Å². The Balaban J connectivity index is 2.59. The van der Waals surface area contributed by atoms with Crippen molar-refractivity contribution in [2.75, 3.05) is 0 Å². The molecular weight excluding hydrogens is 260 g/mol. The van der Waals surface area contributed by atoms with Gasteiger partial charge in [0.05, 0.1) is 0 Å². The summed E-state index contributed by atoms with van der Waals surface area (Å²) in [5.74, 6) is 0. The summed E-state index contributed by atoms with van der Waals surface area (Å²) < 4.78 is 1.23. The van der Waals surface area contributed by atoms with E-state index in [9.17, 15) is 0 Å². The highest BCUT2D eigenvalue weighted by atomic mass is 79.9. The normalized spacial score (nSPS) is 18.2. The standard InChI is InChI=1S/C15H19Br/c1-14(2,3)10-6-7-12-11(8-10)13(16)9-15(12,4)5/h6-9H,1-5H3. The van der Waals surface area contributed by atoms with Gasteiger partial charge in [-0.3, -0.25) is 0 Å². The first-order chi connectivity index (χ1) is 7.22. The molecule has 0 saturated heterocycles. The molecule has 1 aliphatic carbocycles. The van der Waals surface area contributed by atoms with Crippen LogP contribution in [0.4, 0.5) is 0 Å². The third-order valence-electron chi connectivity index (χ3n) is 3.32. The van der Waals surface area contributed by atoms with E-state index < -0.39 is 0 Å². The van der Waals surface area contributed by atoms with E-state index in [1.54, 1.807) is 0 Å². The molecule has 0 unspecified atom stereocenters. The Kier molecular flexibility index (Phi) is 2.58. The van der Waals surface area contributed by atoms with Gasteiger partial charge in [-0.15, -0.1) is 0 Å². The van der Waals surface area contributed by atoms with E-state index >= 15 is 0 Å². The molecule has 1 aliphatic rings. The smallest absolute Gasteiger partial charge is 0.0219 e. The van der Waals surface area contributed by atoms with Crippen molar-refractivity contribution >= 4 is 20.4 Å². The fourth-order valence-electron chi connectivity index (χ4n) is 2.24. The van der Waals surface area contributed by atoms with Gasteiger partial charge in [-0.25, -0.2) is 0 Å². The number of hydrogen-bond acceptors (Lipinski definition) is 0. The van der Waals surface area contributed by atoms with Crippen LogP contribution in [-0.4, -0.2) is 0 Å². The quantitative estimate of drug-likeness (QED) is 0.626. The Morgan fingerprint density at radius 3 is 2.31 bits per heavy atom. The molecule has 0 atom stereocenters. The molecule has 0 aromatic heterocycles. The maximum absolute atomic E-state index is 3.67. The monoisotopic (exact) mass is 278 g/mol. The van der Waals surface area contributed by atoms with E-state index in [1.807, 2.05) is 0 Å². The summed E-state index contributed by atoms with van der Waals surface area (Å²) in [6.07, 6.45) is 2.30. The maximum Gasteiger partial charge on any atom is 0.0219 e. The van der Waals surface area contributed by atoms with Crippen molar-refractivity contribution in [2.45, 2.75) is 45.4 Å². The van der Waals surface area contributed by atoms with Gasteiger partial charge in [-0.05, 0) is 28.2 Å². The highest BCUT2D eigenvalue weighted by Crippen LogP contribution is 2.44.